The second-order valence-electron chi connectivity index (χ2n) is 10.5. The number of fused-ring (bicyclic) bond motifs is 1. The molecule has 1 aromatic heterocycles. The molecule has 1 atom stereocenters. The van der Waals surface area contributed by atoms with Crippen molar-refractivity contribution in [2.24, 2.45) is 11.1 Å². The van der Waals surface area contributed by atoms with E-state index in [0.717, 1.165) is 27.8 Å². The average Bonchev–Trinajstić information content (AvgIpc) is 3.37. The summed E-state index contributed by atoms with van der Waals surface area (Å²) in [6.45, 7) is 1.89. The largest absolute Gasteiger partial charge is 0.392 e. The second-order valence-corrected chi connectivity index (χ2v) is 12.2. The van der Waals surface area contributed by atoms with Gasteiger partial charge in [0.05, 0.1) is 16.9 Å². The summed E-state index contributed by atoms with van der Waals surface area (Å²) in [4.78, 5) is 16.1. The van der Waals surface area contributed by atoms with Crippen molar-refractivity contribution in [3.8, 4) is 11.3 Å². The van der Waals surface area contributed by atoms with E-state index in [9.17, 15) is 22.7 Å². The van der Waals surface area contributed by atoms with Crippen LogP contribution >= 0.6 is 0 Å². The van der Waals surface area contributed by atoms with Gasteiger partial charge in [-0.15, -0.1) is 0 Å². The number of nitrogens with one attached hydrogen (secondary N) is 2. The van der Waals surface area contributed by atoms with Crippen molar-refractivity contribution in [1.29, 1.82) is 0 Å². The van der Waals surface area contributed by atoms with E-state index in [2.05, 4.69) is 9.71 Å². The van der Waals surface area contributed by atoms with Crippen molar-refractivity contribution in [2.45, 2.75) is 56.1 Å². The molecule has 1 fully saturated rings. The highest BCUT2D eigenvalue weighted by Gasteiger charge is 2.45. The Morgan fingerprint density at radius 1 is 1.08 bits per heavy atom. The van der Waals surface area contributed by atoms with Crippen molar-refractivity contribution in [2.75, 3.05) is 0 Å². The number of hydrogen-bond acceptors (Lipinski definition) is 4. The van der Waals surface area contributed by atoms with Crippen LogP contribution < -0.4 is 10.5 Å². The van der Waals surface area contributed by atoms with E-state index >= 15 is 0 Å². The quantitative estimate of drug-likeness (QED) is 0.248. The van der Waals surface area contributed by atoms with E-state index in [1.54, 1.807) is 30.3 Å². The van der Waals surface area contributed by atoms with Gasteiger partial charge < -0.3 is 15.8 Å². The number of aliphatic hydroxyl groups is 1. The summed E-state index contributed by atoms with van der Waals surface area (Å²) >= 11 is 0. The topological polar surface area (TPSA) is 125 Å². The zero-order chi connectivity index (χ0) is 27.8. The van der Waals surface area contributed by atoms with Gasteiger partial charge in [-0.2, -0.15) is 0 Å². The molecule has 0 saturated heterocycles. The Bertz CT molecular complexity index is 1590. The molecule has 1 saturated carbocycles. The minimum Gasteiger partial charge on any atom is -0.392 e. The van der Waals surface area contributed by atoms with Gasteiger partial charge in [-0.05, 0) is 78.6 Å². The summed E-state index contributed by atoms with van der Waals surface area (Å²) in [7, 11) is -3.81. The number of aromatic nitrogens is 1. The van der Waals surface area contributed by atoms with Gasteiger partial charge in [-0.3, -0.25) is 4.79 Å². The maximum atomic E-state index is 13.4. The van der Waals surface area contributed by atoms with E-state index in [1.807, 2.05) is 37.3 Å². The Kier molecular flexibility index (Phi) is 7.33. The maximum absolute atomic E-state index is 13.4. The van der Waals surface area contributed by atoms with Gasteiger partial charge in [0, 0.05) is 22.6 Å². The first kappa shape index (κ1) is 27.1. The van der Waals surface area contributed by atoms with Crippen molar-refractivity contribution >= 4 is 26.8 Å². The normalized spacial score (nSPS) is 20.6. The van der Waals surface area contributed by atoms with E-state index in [0.29, 0.717) is 31.2 Å². The molecule has 5 N–H and O–H groups in total. The summed E-state index contributed by atoms with van der Waals surface area (Å²) < 4.78 is 42.8. The second kappa shape index (κ2) is 10.6. The summed E-state index contributed by atoms with van der Waals surface area (Å²) in [5.41, 5.74) is 9.18. The van der Waals surface area contributed by atoms with Crippen LogP contribution in [0.4, 0.5) is 4.39 Å². The van der Waals surface area contributed by atoms with Gasteiger partial charge in [-0.25, -0.2) is 17.5 Å². The highest BCUT2D eigenvalue weighted by molar-refractivity contribution is 7.89. The van der Waals surface area contributed by atoms with Crippen LogP contribution in [0.25, 0.3) is 22.2 Å². The Balaban J connectivity index is 1.30. The number of aromatic amines is 1. The lowest BCUT2D eigenvalue weighted by Gasteiger charge is -2.42. The molecule has 1 aliphatic rings. The van der Waals surface area contributed by atoms with Crippen LogP contribution in [0, 0.1) is 11.2 Å². The lowest BCUT2D eigenvalue weighted by Crippen LogP contribution is -2.48. The number of aliphatic hydroxyl groups excluding tert-OH is 1. The molecular formula is C30H32FN3O4S. The number of halogens is 1. The van der Waals surface area contributed by atoms with Gasteiger partial charge >= 0.3 is 0 Å². The van der Waals surface area contributed by atoms with E-state index in [4.69, 9.17) is 5.73 Å². The van der Waals surface area contributed by atoms with E-state index in [1.165, 1.54) is 12.1 Å². The molecule has 1 amide bonds. The maximum Gasteiger partial charge on any atom is 0.240 e. The van der Waals surface area contributed by atoms with Crippen molar-refractivity contribution in [3.63, 3.8) is 0 Å². The third-order valence-electron chi connectivity index (χ3n) is 8.24. The van der Waals surface area contributed by atoms with E-state index in [-0.39, 0.29) is 29.3 Å². The molecule has 4 aromatic rings. The van der Waals surface area contributed by atoms with Gasteiger partial charge in [-0.1, -0.05) is 49.4 Å². The number of carbonyl (C=O) groups is 1. The standard InChI is InChI=1S/C30H32FN3O4S/c1-19(21-6-9-24(31)10-7-21)30(29(32)36)14-12-25(13-15-30)34-39(37,38)26-11-8-23-16-27(33-28(23)17-26)22-4-2-20(18-35)3-5-22/h2-11,16-17,19,25,33-35H,12-15,18H2,1H3,(H2,32,36)/t19-,25?,30?/m1/s1. The number of carbonyl (C=O) groups excluding carboxylic acids is 1. The van der Waals surface area contributed by atoms with Crippen LogP contribution in [0.3, 0.4) is 0 Å². The predicted octanol–water partition coefficient (Wildman–Crippen LogP) is 4.96. The lowest BCUT2D eigenvalue weighted by molar-refractivity contribution is -0.131. The molecule has 3 aromatic carbocycles. The fourth-order valence-electron chi connectivity index (χ4n) is 5.72. The van der Waals surface area contributed by atoms with Crippen LogP contribution in [0.2, 0.25) is 0 Å². The fourth-order valence-corrected chi connectivity index (χ4v) is 7.05. The molecule has 1 heterocycles. The molecule has 7 nitrogen and oxygen atoms in total. The smallest absolute Gasteiger partial charge is 0.240 e. The first-order valence-electron chi connectivity index (χ1n) is 13.0. The Labute approximate surface area is 227 Å². The van der Waals surface area contributed by atoms with Crippen molar-refractivity contribution in [3.05, 3.63) is 89.7 Å². The van der Waals surface area contributed by atoms with Crippen LogP contribution in [0.1, 0.15) is 49.7 Å². The molecule has 1 aliphatic carbocycles. The Morgan fingerprint density at radius 2 is 1.74 bits per heavy atom. The molecule has 0 spiro atoms. The van der Waals surface area contributed by atoms with Crippen LogP contribution in [-0.4, -0.2) is 30.5 Å². The molecule has 0 aliphatic heterocycles. The number of primary amides is 1. The summed E-state index contributed by atoms with van der Waals surface area (Å²) in [6, 6.07) is 20.2. The summed E-state index contributed by atoms with van der Waals surface area (Å²) in [5, 5.41) is 10.1. The Morgan fingerprint density at radius 3 is 2.36 bits per heavy atom. The number of nitrogens with two attached hydrogens (primary N) is 1. The van der Waals surface area contributed by atoms with Crippen LogP contribution in [0.5, 0.6) is 0 Å². The molecule has 9 heteroatoms. The first-order valence-corrected chi connectivity index (χ1v) is 14.5. The van der Waals surface area contributed by atoms with Gasteiger partial charge in [0.2, 0.25) is 15.9 Å². The summed E-state index contributed by atoms with van der Waals surface area (Å²) in [6.07, 6.45) is 1.79. The van der Waals surface area contributed by atoms with Gasteiger partial charge in [0.25, 0.3) is 0 Å². The third-order valence-corrected chi connectivity index (χ3v) is 9.76. The van der Waals surface area contributed by atoms with Gasteiger partial charge in [0.15, 0.2) is 0 Å². The molecule has 39 heavy (non-hydrogen) atoms. The minimum atomic E-state index is -3.81. The van der Waals surface area contributed by atoms with Crippen molar-refractivity contribution in [1.82, 2.24) is 9.71 Å². The first-order chi connectivity index (χ1) is 18.6. The van der Waals surface area contributed by atoms with Gasteiger partial charge in [0.1, 0.15) is 5.82 Å². The van der Waals surface area contributed by atoms with E-state index < -0.39 is 21.3 Å². The average molecular weight is 550 g/mol. The molecule has 0 bridgehead atoms. The third kappa shape index (κ3) is 5.34. The highest BCUT2D eigenvalue weighted by atomic mass is 32.2. The number of rotatable bonds is 8. The van der Waals surface area contributed by atoms with Crippen LogP contribution in [0.15, 0.2) is 77.7 Å². The lowest BCUT2D eigenvalue weighted by atomic mass is 9.63. The predicted molar refractivity (Wildman–Crippen MR) is 149 cm³/mol. The Hall–Kier alpha value is -3.53. The zero-order valence-electron chi connectivity index (χ0n) is 21.7. The number of hydrogen-bond donors (Lipinski definition) is 4. The molecule has 0 radical (unpaired) electrons. The number of sulfonamides is 1. The number of H-pyrrole nitrogens is 1. The zero-order valence-corrected chi connectivity index (χ0v) is 22.5. The fraction of sp³-hybridized carbons (Fsp3) is 0.300. The van der Waals surface area contributed by atoms with Crippen LogP contribution in [-0.2, 0) is 21.4 Å². The number of amides is 1. The molecule has 5 rings (SSSR count). The molecular weight excluding hydrogens is 517 g/mol. The molecule has 204 valence electrons. The highest BCUT2D eigenvalue weighted by Crippen LogP contribution is 2.47. The monoisotopic (exact) mass is 549 g/mol. The SMILES string of the molecule is C[C@H](c1ccc(F)cc1)C1(C(N)=O)CCC(NS(=O)(=O)c2ccc3cc(-c4ccc(CO)cc4)[nH]c3c2)CC1. The van der Waals surface area contributed by atoms with Crippen molar-refractivity contribution < 1.29 is 22.7 Å². The molecule has 0 unspecified atom stereocenters. The minimum absolute atomic E-state index is 0.0288. The summed E-state index contributed by atoms with van der Waals surface area (Å²) in [5.74, 6) is -0.986. The number of benzene rings is 3.